The number of carbonyl (C=O) groups is 1. The van der Waals surface area contributed by atoms with Gasteiger partial charge < -0.3 is 9.80 Å². The number of hydrogen-bond donors (Lipinski definition) is 0. The number of amides is 1. The predicted molar refractivity (Wildman–Crippen MR) is 134 cm³/mol. The van der Waals surface area contributed by atoms with Crippen LogP contribution in [0.4, 0.5) is 22.6 Å². The van der Waals surface area contributed by atoms with E-state index in [1.165, 1.54) is 29.7 Å². The van der Waals surface area contributed by atoms with Crippen LogP contribution in [-0.4, -0.2) is 52.7 Å². The predicted octanol–water partition coefficient (Wildman–Crippen LogP) is 5.93. The van der Waals surface area contributed by atoms with Crippen molar-refractivity contribution in [2.45, 2.75) is 32.1 Å². The molecule has 0 N–H and O–H groups in total. The van der Waals surface area contributed by atoms with E-state index in [9.17, 15) is 18.0 Å². The SMILES string of the molecule is [C-]#[N+]c1cc2c(s1)CN(C(=O)/C=C/CN(C)C)C[C@H]2c1cccc(F)c1-c1cn(CC)nc1C(F)(F)F. The number of hydrogen-bond acceptors (Lipinski definition) is 4. The summed E-state index contributed by atoms with van der Waals surface area (Å²) in [7, 11) is 3.74. The highest BCUT2D eigenvalue weighted by molar-refractivity contribution is 7.16. The van der Waals surface area contributed by atoms with Gasteiger partial charge >= 0.3 is 6.18 Å². The second-order valence-corrected chi connectivity index (χ2v) is 10.1. The average molecular weight is 532 g/mol. The molecule has 1 amide bonds. The Balaban J connectivity index is 1.86. The van der Waals surface area contributed by atoms with Crippen LogP contribution in [0.3, 0.4) is 0 Å². The molecule has 37 heavy (non-hydrogen) atoms. The normalized spacial score (nSPS) is 15.9. The highest BCUT2D eigenvalue weighted by atomic mass is 32.1. The topological polar surface area (TPSA) is 45.7 Å². The maximum atomic E-state index is 15.4. The molecule has 0 saturated carbocycles. The van der Waals surface area contributed by atoms with Gasteiger partial charge in [0.15, 0.2) is 5.69 Å². The average Bonchev–Trinajstić information content (AvgIpc) is 3.47. The van der Waals surface area contributed by atoms with E-state index in [1.54, 1.807) is 30.0 Å². The highest BCUT2D eigenvalue weighted by Gasteiger charge is 2.40. The summed E-state index contributed by atoms with van der Waals surface area (Å²) in [6.45, 7) is 10.2. The molecule has 4 rings (SSSR count). The molecule has 6 nitrogen and oxygen atoms in total. The lowest BCUT2D eigenvalue weighted by molar-refractivity contribution is -0.141. The van der Waals surface area contributed by atoms with Crippen LogP contribution in [0.2, 0.25) is 0 Å². The number of rotatable bonds is 6. The number of benzene rings is 1. The molecule has 3 aromatic rings. The quantitative estimate of drug-likeness (QED) is 0.225. The van der Waals surface area contributed by atoms with Crippen molar-refractivity contribution in [3.63, 3.8) is 0 Å². The zero-order chi connectivity index (χ0) is 26.9. The van der Waals surface area contributed by atoms with E-state index >= 15 is 4.39 Å². The Labute approximate surface area is 216 Å². The van der Waals surface area contributed by atoms with E-state index < -0.39 is 23.6 Å². The summed E-state index contributed by atoms with van der Waals surface area (Å²) in [4.78, 5) is 20.8. The molecule has 1 aliphatic heterocycles. The number of halogens is 4. The van der Waals surface area contributed by atoms with E-state index in [0.29, 0.717) is 17.1 Å². The molecule has 194 valence electrons. The summed E-state index contributed by atoms with van der Waals surface area (Å²) in [6.07, 6.45) is -0.384. The van der Waals surface area contributed by atoms with Crippen LogP contribution >= 0.6 is 11.3 Å². The summed E-state index contributed by atoms with van der Waals surface area (Å²) in [5.74, 6) is -1.70. The Kier molecular flexibility index (Phi) is 7.52. The van der Waals surface area contributed by atoms with Crippen LogP contribution in [0.15, 0.2) is 42.6 Å². The Bertz CT molecular complexity index is 1380. The summed E-state index contributed by atoms with van der Waals surface area (Å²) in [5.41, 5.74) is -0.673. The molecule has 11 heteroatoms. The smallest absolute Gasteiger partial charge is 0.333 e. The molecule has 1 atom stereocenters. The van der Waals surface area contributed by atoms with Crippen molar-refractivity contribution >= 4 is 22.2 Å². The van der Waals surface area contributed by atoms with Crippen molar-refractivity contribution in [3.8, 4) is 11.1 Å². The molecule has 1 aliphatic rings. The second kappa shape index (κ2) is 10.5. The van der Waals surface area contributed by atoms with Crippen LogP contribution in [-0.2, 0) is 24.1 Å². The van der Waals surface area contributed by atoms with Gasteiger partial charge in [0.05, 0.1) is 13.1 Å². The first-order chi connectivity index (χ1) is 17.5. The Hall–Kier alpha value is -3.49. The second-order valence-electron chi connectivity index (χ2n) is 8.96. The van der Waals surface area contributed by atoms with Gasteiger partial charge in [0.2, 0.25) is 10.9 Å². The van der Waals surface area contributed by atoms with Gasteiger partial charge in [0.1, 0.15) is 5.82 Å². The largest absolute Gasteiger partial charge is 0.435 e. The minimum Gasteiger partial charge on any atom is -0.333 e. The van der Waals surface area contributed by atoms with E-state index in [1.807, 2.05) is 19.0 Å². The van der Waals surface area contributed by atoms with Crippen molar-refractivity contribution in [2.24, 2.45) is 0 Å². The van der Waals surface area contributed by atoms with Gasteiger partial charge in [-0.1, -0.05) is 18.2 Å². The number of alkyl halides is 3. The van der Waals surface area contributed by atoms with Crippen LogP contribution in [0.5, 0.6) is 0 Å². The maximum absolute atomic E-state index is 15.4. The van der Waals surface area contributed by atoms with Crippen LogP contribution in [0, 0.1) is 12.4 Å². The van der Waals surface area contributed by atoms with Gasteiger partial charge in [0.25, 0.3) is 0 Å². The maximum Gasteiger partial charge on any atom is 0.435 e. The van der Waals surface area contributed by atoms with Gasteiger partial charge in [-0.05, 0) is 44.3 Å². The fourth-order valence-corrected chi connectivity index (χ4v) is 5.48. The molecule has 0 fully saturated rings. The summed E-state index contributed by atoms with van der Waals surface area (Å²) >= 11 is 1.23. The molecule has 0 aliphatic carbocycles. The summed E-state index contributed by atoms with van der Waals surface area (Å²) < 4.78 is 58.3. The molecule has 0 saturated heterocycles. The van der Waals surface area contributed by atoms with E-state index in [-0.39, 0.29) is 36.7 Å². The standard InChI is InChI=1S/C26H25F4N5OS/c1-5-35-14-19(25(32-35)26(28,29)30)24-16(8-6-9-20(24)27)18-13-34(23(36)10-7-11-33(3)4)15-21-17(18)12-22(31-2)37-21/h6-10,12,14,18H,5,11,13,15H2,1,3-4H3/b10-7+/t18-/m0/s1. The number of fused-ring (bicyclic) bond motifs is 1. The Morgan fingerprint density at radius 2 is 2.08 bits per heavy atom. The van der Waals surface area contributed by atoms with Gasteiger partial charge in [0, 0.05) is 53.8 Å². The summed E-state index contributed by atoms with van der Waals surface area (Å²) in [6, 6.07) is 5.85. The number of nitrogens with zero attached hydrogens (tertiary/aromatic N) is 5. The zero-order valence-electron chi connectivity index (χ0n) is 20.5. The van der Waals surface area contributed by atoms with Crippen molar-refractivity contribution in [3.05, 3.63) is 81.5 Å². The van der Waals surface area contributed by atoms with Crippen LogP contribution in [0.1, 0.15) is 34.5 Å². The fourth-order valence-electron chi connectivity index (χ4n) is 4.45. The first-order valence-corrected chi connectivity index (χ1v) is 12.4. The molecule has 2 aromatic heterocycles. The lowest BCUT2D eigenvalue weighted by atomic mass is 9.83. The summed E-state index contributed by atoms with van der Waals surface area (Å²) in [5, 5.41) is 4.07. The number of aryl methyl sites for hydroxylation is 1. The number of aromatic nitrogens is 2. The minimum absolute atomic E-state index is 0.131. The van der Waals surface area contributed by atoms with E-state index in [0.717, 1.165) is 21.2 Å². The molecule has 0 spiro atoms. The molecule has 0 unspecified atom stereocenters. The van der Waals surface area contributed by atoms with Gasteiger partial charge in [-0.15, -0.1) is 0 Å². The van der Waals surface area contributed by atoms with Gasteiger partial charge in [-0.3, -0.25) is 9.48 Å². The molecular formula is C26H25F4N5OS. The first kappa shape index (κ1) is 26.6. The van der Waals surface area contributed by atoms with E-state index in [4.69, 9.17) is 6.57 Å². The number of likely N-dealkylation sites (N-methyl/N-ethyl adjacent to an activating group) is 1. The highest BCUT2D eigenvalue weighted by Crippen LogP contribution is 2.46. The molecular weight excluding hydrogens is 506 g/mol. The third-order valence-electron chi connectivity index (χ3n) is 6.14. The lowest BCUT2D eigenvalue weighted by Crippen LogP contribution is -2.37. The molecule has 3 heterocycles. The zero-order valence-corrected chi connectivity index (χ0v) is 21.3. The molecule has 1 aromatic carbocycles. The minimum atomic E-state index is -4.79. The van der Waals surface area contributed by atoms with Crippen LogP contribution in [0.25, 0.3) is 16.0 Å². The Morgan fingerprint density at radius 1 is 1.32 bits per heavy atom. The third-order valence-corrected chi connectivity index (χ3v) is 7.17. The monoisotopic (exact) mass is 531 g/mol. The van der Waals surface area contributed by atoms with Crippen molar-refractivity contribution < 1.29 is 22.4 Å². The fraction of sp³-hybridized carbons (Fsp3) is 0.346. The molecule has 0 bridgehead atoms. The van der Waals surface area contributed by atoms with Gasteiger partial charge in [-0.25, -0.2) is 9.24 Å². The van der Waals surface area contributed by atoms with Crippen LogP contribution < -0.4 is 0 Å². The first-order valence-electron chi connectivity index (χ1n) is 11.6. The van der Waals surface area contributed by atoms with Gasteiger partial charge in [-0.2, -0.15) is 29.6 Å². The number of carbonyl (C=O) groups excluding carboxylic acids is 1. The van der Waals surface area contributed by atoms with Crippen molar-refractivity contribution in [1.29, 1.82) is 0 Å². The molecule has 0 radical (unpaired) electrons. The van der Waals surface area contributed by atoms with Crippen molar-refractivity contribution in [2.75, 3.05) is 27.2 Å². The lowest BCUT2D eigenvalue weighted by Gasteiger charge is -2.34. The van der Waals surface area contributed by atoms with E-state index in [2.05, 4.69) is 9.94 Å². The Morgan fingerprint density at radius 3 is 2.73 bits per heavy atom. The number of thiophene rings is 1. The third kappa shape index (κ3) is 5.45. The van der Waals surface area contributed by atoms with Crippen molar-refractivity contribution in [1.82, 2.24) is 19.6 Å².